The molecule has 0 aromatic heterocycles. The number of nitrogens with one attached hydrogen (secondary N) is 2. The first-order valence-corrected chi connectivity index (χ1v) is 9.61. The fourth-order valence-electron chi connectivity index (χ4n) is 2.20. The summed E-state index contributed by atoms with van der Waals surface area (Å²) in [6, 6.07) is 8.45. The Labute approximate surface area is 145 Å². The van der Waals surface area contributed by atoms with Crippen LogP contribution in [0.3, 0.4) is 0 Å². The summed E-state index contributed by atoms with van der Waals surface area (Å²) in [5.41, 5.74) is -0.00273. The Morgan fingerprint density at radius 3 is 2.33 bits per heavy atom. The van der Waals surface area contributed by atoms with Gasteiger partial charge in [0.15, 0.2) is 15.8 Å². The highest BCUT2D eigenvalue weighted by molar-refractivity contribution is 7.91. The van der Waals surface area contributed by atoms with E-state index in [1.54, 1.807) is 44.5 Å². The molecule has 1 rings (SSSR count). The molecule has 0 saturated carbocycles. The van der Waals surface area contributed by atoms with Gasteiger partial charge in [-0.3, -0.25) is 4.99 Å². The van der Waals surface area contributed by atoms with Crippen LogP contribution in [0.15, 0.2) is 40.2 Å². The molecule has 24 heavy (non-hydrogen) atoms. The third-order valence-electron chi connectivity index (χ3n) is 3.69. The molecule has 0 fully saturated rings. The molecule has 0 aliphatic heterocycles. The van der Waals surface area contributed by atoms with E-state index in [0.717, 1.165) is 0 Å². The second-order valence-corrected chi connectivity index (χ2v) is 8.71. The summed E-state index contributed by atoms with van der Waals surface area (Å²) >= 11 is 0. The summed E-state index contributed by atoms with van der Waals surface area (Å²) in [6.07, 6.45) is 0.0177. The van der Waals surface area contributed by atoms with E-state index in [1.165, 1.54) is 0 Å². The fourth-order valence-corrected chi connectivity index (χ4v) is 3.38. The Bertz CT molecular complexity index is 622. The van der Waals surface area contributed by atoms with Gasteiger partial charge >= 0.3 is 0 Å². The molecule has 2 N–H and O–H groups in total. The molecule has 0 radical (unpaired) electrons. The van der Waals surface area contributed by atoms with E-state index >= 15 is 0 Å². The van der Waals surface area contributed by atoms with Gasteiger partial charge in [0.05, 0.1) is 16.8 Å². The van der Waals surface area contributed by atoms with Gasteiger partial charge < -0.3 is 15.4 Å². The number of hydrogen-bond donors (Lipinski definition) is 2. The lowest BCUT2D eigenvalue weighted by molar-refractivity contribution is 0.0205. The average Bonchev–Trinajstić information content (AvgIpc) is 2.53. The average molecular weight is 356 g/mol. The molecule has 0 saturated heterocycles. The minimum atomic E-state index is -3.29. The van der Waals surface area contributed by atoms with E-state index in [4.69, 9.17) is 4.74 Å². The first-order chi connectivity index (χ1) is 11.2. The van der Waals surface area contributed by atoms with Gasteiger partial charge in [0, 0.05) is 27.2 Å². The molecular weight excluding hydrogens is 326 g/mol. The molecule has 0 heterocycles. The molecule has 0 amide bonds. The molecule has 136 valence electrons. The van der Waals surface area contributed by atoms with Crippen molar-refractivity contribution in [1.29, 1.82) is 0 Å². The van der Waals surface area contributed by atoms with Crippen LogP contribution in [-0.2, 0) is 14.6 Å². The van der Waals surface area contributed by atoms with Gasteiger partial charge in [-0.2, -0.15) is 0 Å². The zero-order chi connectivity index (χ0) is 18.2. The molecule has 1 aromatic rings. The summed E-state index contributed by atoms with van der Waals surface area (Å²) in [4.78, 5) is 4.45. The van der Waals surface area contributed by atoms with Crippen LogP contribution in [0.1, 0.15) is 20.8 Å². The zero-order valence-electron chi connectivity index (χ0n) is 15.2. The van der Waals surface area contributed by atoms with E-state index in [1.807, 2.05) is 0 Å². The second-order valence-electron chi connectivity index (χ2n) is 6.60. The third kappa shape index (κ3) is 6.49. The minimum Gasteiger partial charge on any atom is -0.379 e. The number of methoxy groups -OCH3 is 1. The minimum absolute atomic E-state index is 0.00273. The molecule has 7 heteroatoms. The van der Waals surface area contributed by atoms with E-state index in [-0.39, 0.29) is 23.8 Å². The van der Waals surface area contributed by atoms with Crippen molar-refractivity contribution in [3.63, 3.8) is 0 Å². The van der Waals surface area contributed by atoms with Crippen molar-refractivity contribution in [3.05, 3.63) is 30.3 Å². The zero-order valence-corrected chi connectivity index (χ0v) is 16.0. The molecule has 1 aromatic carbocycles. The van der Waals surface area contributed by atoms with Crippen LogP contribution in [-0.4, -0.2) is 53.5 Å². The smallest absolute Gasteiger partial charge is 0.191 e. The lowest BCUT2D eigenvalue weighted by Crippen LogP contribution is -2.46. The second kappa shape index (κ2) is 9.03. The Morgan fingerprint density at radius 1 is 1.21 bits per heavy atom. The Kier molecular flexibility index (Phi) is 7.69. The maximum absolute atomic E-state index is 12.2. The molecule has 1 atom stereocenters. The summed E-state index contributed by atoms with van der Waals surface area (Å²) in [5, 5.41) is 6.20. The number of ether oxygens (including phenoxy) is 1. The Morgan fingerprint density at radius 2 is 1.83 bits per heavy atom. The lowest BCUT2D eigenvalue weighted by Gasteiger charge is -2.30. The quantitative estimate of drug-likeness (QED) is 0.575. The number of aliphatic imine (C=N–C) groups is 1. The van der Waals surface area contributed by atoms with Crippen molar-refractivity contribution in [1.82, 2.24) is 10.6 Å². The molecule has 0 aliphatic carbocycles. The maximum Gasteiger partial charge on any atom is 0.191 e. The van der Waals surface area contributed by atoms with Crippen molar-refractivity contribution < 1.29 is 13.2 Å². The highest BCUT2D eigenvalue weighted by atomic mass is 32.2. The molecule has 1 unspecified atom stereocenters. The lowest BCUT2D eigenvalue weighted by atomic mass is 9.89. The molecule has 0 spiro atoms. The highest BCUT2D eigenvalue weighted by Crippen LogP contribution is 2.20. The number of sulfone groups is 1. The van der Waals surface area contributed by atoms with Crippen LogP contribution in [0.5, 0.6) is 0 Å². The third-order valence-corrected chi connectivity index (χ3v) is 5.43. The largest absolute Gasteiger partial charge is 0.379 e. The Hall–Kier alpha value is -1.60. The molecular formula is C17H29N3O3S. The number of nitrogens with zero attached hydrogens (tertiary/aromatic N) is 1. The van der Waals surface area contributed by atoms with Gasteiger partial charge in [0.1, 0.15) is 0 Å². The summed E-state index contributed by atoms with van der Waals surface area (Å²) in [7, 11) is 0.0402. The normalized spacial score (nSPS) is 14.3. The van der Waals surface area contributed by atoms with Crippen LogP contribution < -0.4 is 10.6 Å². The van der Waals surface area contributed by atoms with Crippen molar-refractivity contribution in [2.75, 3.05) is 33.0 Å². The van der Waals surface area contributed by atoms with Gasteiger partial charge in [0.25, 0.3) is 0 Å². The maximum atomic E-state index is 12.2. The standard InChI is InChI=1S/C17H29N3O3S/c1-17(2,3)15(23-5)13-20-16(18-4)19-11-12-24(21,22)14-9-7-6-8-10-14/h6-10,15H,11-13H2,1-5H3,(H2,18,19,20). The number of rotatable bonds is 7. The number of guanidine groups is 1. The van der Waals surface area contributed by atoms with Gasteiger partial charge in [-0.25, -0.2) is 8.42 Å². The van der Waals surface area contributed by atoms with Crippen molar-refractivity contribution in [3.8, 4) is 0 Å². The van der Waals surface area contributed by atoms with Gasteiger partial charge in [-0.15, -0.1) is 0 Å². The molecule has 0 bridgehead atoms. The van der Waals surface area contributed by atoms with Crippen molar-refractivity contribution in [2.45, 2.75) is 31.8 Å². The van der Waals surface area contributed by atoms with Gasteiger partial charge in [-0.1, -0.05) is 39.0 Å². The van der Waals surface area contributed by atoms with E-state index in [0.29, 0.717) is 17.4 Å². The molecule has 6 nitrogen and oxygen atoms in total. The van der Waals surface area contributed by atoms with E-state index in [9.17, 15) is 8.42 Å². The predicted octanol–water partition coefficient (Wildman–Crippen LogP) is 1.69. The summed E-state index contributed by atoms with van der Waals surface area (Å²) in [6.45, 7) is 7.18. The molecule has 0 aliphatic rings. The fraction of sp³-hybridized carbons (Fsp3) is 0.588. The van der Waals surface area contributed by atoms with Crippen LogP contribution in [0.25, 0.3) is 0 Å². The first-order valence-electron chi connectivity index (χ1n) is 7.96. The van der Waals surface area contributed by atoms with Crippen LogP contribution in [0, 0.1) is 5.41 Å². The van der Waals surface area contributed by atoms with Gasteiger partial charge in [0.2, 0.25) is 0 Å². The Balaban J connectivity index is 2.50. The predicted molar refractivity (Wildman–Crippen MR) is 98.1 cm³/mol. The van der Waals surface area contributed by atoms with Crippen molar-refractivity contribution in [2.24, 2.45) is 10.4 Å². The van der Waals surface area contributed by atoms with Crippen molar-refractivity contribution >= 4 is 15.8 Å². The topological polar surface area (TPSA) is 79.8 Å². The summed E-state index contributed by atoms with van der Waals surface area (Å²) in [5.74, 6) is 0.564. The van der Waals surface area contributed by atoms with E-state index < -0.39 is 9.84 Å². The summed E-state index contributed by atoms with van der Waals surface area (Å²) < 4.78 is 29.9. The number of hydrogen-bond acceptors (Lipinski definition) is 4. The van der Waals surface area contributed by atoms with E-state index in [2.05, 4.69) is 36.4 Å². The first kappa shape index (κ1) is 20.4. The van der Waals surface area contributed by atoms with Crippen LogP contribution in [0.4, 0.5) is 0 Å². The van der Waals surface area contributed by atoms with Gasteiger partial charge in [-0.05, 0) is 17.5 Å². The van der Waals surface area contributed by atoms with Crippen LogP contribution >= 0.6 is 0 Å². The number of benzene rings is 1. The SMILES string of the molecule is CN=C(NCCS(=O)(=O)c1ccccc1)NCC(OC)C(C)(C)C. The monoisotopic (exact) mass is 355 g/mol. The van der Waals surface area contributed by atoms with Crippen LogP contribution in [0.2, 0.25) is 0 Å². The highest BCUT2D eigenvalue weighted by Gasteiger charge is 2.24.